The fourth-order valence-corrected chi connectivity index (χ4v) is 7.30. The van der Waals surface area contributed by atoms with Crippen molar-refractivity contribution in [2.75, 3.05) is 83.6 Å². The van der Waals surface area contributed by atoms with Crippen molar-refractivity contribution in [2.24, 2.45) is 0 Å². The fraction of sp³-hybridized carbons (Fsp3) is 0.500. The second kappa shape index (κ2) is 15.2. The molecule has 44 heavy (non-hydrogen) atoms. The van der Waals surface area contributed by atoms with E-state index < -0.39 is 21.2 Å². The zero-order valence-electron chi connectivity index (χ0n) is 24.8. The smallest absolute Gasteiger partial charge is 0.277 e. The van der Waals surface area contributed by atoms with Crippen LogP contribution in [0.4, 0.5) is 5.95 Å². The van der Waals surface area contributed by atoms with Gasteiger partial charge in [0.05, 0.1) is 30.6 Å². The number of piperazine rings is 2. The van der Waals surface area contributed by atoms with Crippen molar-refractivity contribution in [3.05, 3.63) is 71.6 Å². The van der Waals surface area contributed by atoms with Crippen LogP contribution in [0.1, 0.15) is 27.9 Å². The number of anilines is 1. The van der Waals surface area contributed by atoms with Gasteiger partial charge in [0.1, 0.15) is 0 Å². The Morgan fingerprint density at radius 1 is 0.955 bits per heavy atom. The third-order valence-electron chi connectivity index (χ3n) is 8.27. The monoisotopic (exact) mass is 627 g/mol. The van der Waals surface area contributed by atoms with E-state index in [-0.39, 0.29) is 12.2 Å². The molecule has 1 aromatic carbocycles. The van der Waals surface area contributed by atoms with Crippen LogP contribution in [0.15, 0.2) is 54.9 Å². The Balaban J connectivity index is 1.07. The van der Waals surface area contributed by atoms with Gasteiger partial charge in [-0.3, -0.25) is 19.8 Å². The molecule has 0 bridgehead atoms. The highest BCUT2D eigenvalue weighted by atomic mass is 32.2. The number of hydroxylamine groups is 1. The van der Waals surface area contributed by atoms with Crippen molar-refractivity contribution in [1.29, 1.82) is 0 Å². The highest BCUT2D eigenvalue weighted by Crippen LogP contribution is 2.27. The highest BCUT2D eigenvalue weighted by molar-refractivity contribution is 7.89. The number of nitrogens with zero attached hydrogens (tertiary/aromatic N) is 6. The van der Waals surface area contributed by atoms with Gasteiger partial charge < -0.3 is 14.7 Å². The predicted octanol–water partition coefficient (Wildman–Crippen LogP) is 0.586. The lowest BCUT2D eigenvalue weighted by molar-refractivity contribution is 0.0564. The Bertz CT molecular complexity index is 1400. The summed E-state index contributed by atoms with van der Waals surface area (Å²) in [5.41, 5.74) is 5.03. The van der Waals surface area contributed by atoms with Gasteiger partial charge in [0.15, 0.2) is 0 Å². The van der Waals surface area contributed by atoms with Gasteiger partial charge in [-0.05, 0) is 23.1 Å². The number of hydrogen-bond donors (Lipinski definition) is 3. The lowest BCUT2D eigenvalue weighted by Crippen LogP contribution is -2.51. The van der Waals surface area contributed by atoms with Crippen LogP contribution >= 0.6 is 0 Å². The second-order valence-electron chi connectivity index (χ2n) is 11.1. The summed E-state index contributed by atoms with van der Waals surface area (Å²) in [6, 6.07) is 8.53. The molecule has 1 aliphatic carbocycles. The Morgan fingerprint density at radius 2 is 1.64 bits per heavy atom. The number of amides is 1. The molecule has 3 heterocycles. The standard InChI is InChI=1S/C30H41N7O6S/c38-18-20-43-19-17-34-9-11-35(12-10-34)23-24-1-3-25(4-2-24)26-5-7-28(8-6-26)44(41,42)37-15-13-36(14-16-37)30-31-21-27(22-32-30)29(39)33-40/h1-7,21-22,28,38,40H,8-20,23H2,(H,33,39). The second-order valence-corrected chi connectivity index (χ2v) is 13.2. The quantitative estimate of drug-likeness (QED) is 0.172. The number of ether oxygens (including phenoxy) is 1. The van der Waals surface area contributed by atoms with Crippen molar-refractivity contribution in [3.8, 4) is 0 Å². The summed E-state index contributed by atoms with van der Waals surface area (Å²) in [4.78, 5) is 26.6. The molecular formula is C30H41N7O6S. The van der Waals surface area contributed by atoms with Gasteiger partial charge in [0.25, 0.3) is 5.91 Å². The average Bonchev–Trinajstić information content (AvgIpc) is 3.07. The summed E-state index contributed by atoms with van der Waals surface area (Å²) in [6.07, 6.45) is 8.79. The number of nitrogens with one attached hydrogen (secondary N) is 1. The first-order valence-corrected chi connectivity index (χ1v) is 16.5. The van der Waals surface area contributed by atoms with E-state index in [2.05, 4.69) is 44.0 Å². The maximum Gasteiger partial charge on any atom is 0.277 e. The third kappa shape index (κ3) is 8.07. The topological polar surface area (TPSA) is 152 Å². The largest absolute Gasteiger partial charge is 0.394 e. The van der Waals surface area contributed by atoms with Crippen molar-refractivity contribution in [2.45, 2.75) is 18.2 Å². The highest BCUT2D eigenvalue weighted by Gasteiger charge is 2.34. The van der Waals surface area contributed by atoms with E-state index in [1.807, 2.05) is 17.1 Å². The van der Waals surface area contributed by atoms with Crippen LogP contribution in [0.2, 0.25) is 0 Å². The molecule has 0 spiro atoms. The number of sulfonamides is 1. The fourth-order valence-electron chi connectivity index (χ4n) is 5.63. The molecule has 1 unspecified atom stereocenters. The van der Waals surface area contributed by atoms with Gasteiger partial charge in [-0.15, -0.1) is 0 Å². The Labute approximate surface area is 258 Å². The van der Waals surface area contributed by atoms with Crippen LogP contribution in [-0.2, 0) is 21.3 Å². The number of carbonyl (C=O) groups is 1. The number of hydrogen-bond acceptors (Lipinski definition) is 11. The van der Waals surface area contributed by atoms with E-state index in [9.17, 15) is 13.2 Å². The lowest BCUT2D eigenvalue weighted by Gasteiger charge is -2.35. The zero-order chi connectivity index (χ0) is 30.9. The first kappa shape index (κ1) is 32.2. The van der Waals surface area contributed by atoms with Gasteiger partial charge in [0.2, 0.25) is 16.0 Å². The van der Waals surface area contributed by atoms with Gasteiger partial charge in [-0.1, -0.05) is 42.5 Å². The number of aliphatic hydroxyl groups excluding tert-OH is 1. The van der Waals surface area contributed by atoms with Crippen molar-refractivity contribution in [3.63, 3.8) is 0 Å². The van der Waals surface area contributed by atoms with Crippen LogP contribution in [-0.4, -0.2) is 133 Å². The molecule has 238 valence electrons. The maximum atomic E-state index is 13.4. The summed E-state index contributed by atoms with van der Waals surface area (Å²) < 4.78 is 33.7. The van der Waals surface area contributed by atoms with E-state index in [1.165, 1.54) is 22.3 Å². The number of rotatable bonds is 12. The van der Waals surface area contributed by atoms with Crippen LogP contribution < -0.4 is 10.4 Å². The van der Waals surface area contributed by atoms with Gasteiger partial charge in [0, 0.05) is 77.8 Å². The Hall–Kier alpha value is -3.24. The SMILES string of the molecule is O=C(NO)c1cnc(N2CCN(S(=O)(=O)C3C=CC(c4ccc(CN5CCN(CCOCCO)CC5)cc4)=CC3)CC2)nc1. The molecule has 14 heteroatoms. The first-order chi connectivity index (χ1) is 21.4. The number of aromatic nitrogens is 2. The van der Waals surface area contributed by atoms with E-state index in [1.54, 1.807) is 11.6 Å². The Kier molecular flexibility index (Phi) is 11.1. The van der Waals surface area contributed by atoms with E-state index >= 15 is 0 Å². The number of aliphatic hydroxyl groups is 1. The minimum absolute atomic E-state index is 0.0639. The summed E-state index contributed by atoms with van der Waals surface area (Å²) in [6.45, 7) is 8.44. The van der Waals surface area contributed by atoms with Crippen LogP contribution in [0.3, 0.4) is 0 Å². The van der Waals surface area contributed by atoms with Gasteiger partial charge in [-0.25, -0.2) is 23.9 Å². The van der Waals surface area contributed by atoms with Gasteiger partial charge in [-0.2, -0.15) is 4.31 Å². The summed E-state index contributed by atoms with van der Waals surface area (Å²) >= 11 is 0. The predicted molar refractivity (Wildman–Crippen MR) is 166 cm³/mol. The van der Waals surface area contributed by atoms with E-state index in [0.29, 0.717) is 51.8 Å². The molecule has 3 aliphatic rings. The molecule has 5 rings (SSSR count). The van der Waals surface area contributed by atoms with Crippen molar-refractivity contribution in [1.82, 2.24) is 29.6 Å². The summed E-state index contributed by atoms with van der Waals surface area (Å²) in [7, 11) is -3.53. The third-order valence-corrected chi connectivity index (χ3v) is 10.5. The summed E-state index contributed by atoms with van der Waals surface area (Å²) in [5, 5.41) is 17.0. The zero-order valence-corrected chi connectivity index (χ0v) is 25.6. The first-order valence-electron chi connectivity index (χ1n) is 15.0. The molecule has 0 saturated carbocycles. The van der Waals surface area contributed by atoms with Crippen molar-refractivity contribution < 1.29 is 28.3 Å². The molecule has 1 amide bonds. The molecule has 1 aromatic heterocycles. The minimum Gasteiger partial charge on any atom is -0.394 e. The molecule has 13 nitrogen and oxygen atoms in total. The molecule has 2 fully saturated rings. The summed E-state index contributed by atoms with van der Waals surface area (Å²) in [5.74, 6) is -0.284. The number of carbonyl (C=O) groups excluding carboxylic acids is 1. The number of benzene rings is 1. The number of allylic oxidation sites excluding steroid dienone is 3. The van der Waals surface area contributed by atoms with Crippen LogP contribution in [0.25, 0.3) is 5.57 Å². The van der Waals surface area contributed by atoms with Gasteiger partial charge >= 0.3 is 0 Å². The lowest BCUT2D eigenvalue weighted by atomic mass is 9.98. The normalized spacial score (nSPS) is 20.5. The van der Waals surface area contributed by atoms with Crippen LogP contribution in [0, 0.1) is 0 Å². The van der Waals surface area contributed by atoms with Crippen molar-refractivity contribution >= 4 is 27.5 Å². The Morgan fingerprint density at radius 3 is 2.25 bits per heavy atom. The molecule has 2 saturated heterocycles. The van der Waals surface area contributed by atoms with Crippen LogP contribution in [0.5, 0.6) is 0 Å². The molecule has 0 radical (unpaired) electrons. The molecule has 2 aliphatic heterocycles. The average molecular weight is 628 g/mol. The maximum absolute atomic E-state index is 13.4. The minimum atomic E-state index is -3.53. The molecular weight excluding hydrogens is 586 g/mol. The molecule has 1 atom stereocenters. The molecule has 3 N–H and O–H groups in total. The van der Waals surface area contributed by atoms with E-state index in [0.717, 1.165) is 50.4 Å². The molecule has 2 aromatic rings. The van der Waals surface area contributed by atoms with E-state index in [4.69, 9.17) is 15.1 Å².